The van der Waals surface area contributed by atoms with E-state index in [-0.39, 0.29) is 24.8 Å². The molecule has 0 amide bonds. The first kappa shape index (κ1) is 106. The van der Waals surface area contributed by atoms with Gasteiger partial charge in [0.1, 0.15) is 28.4 Å². The van der Waals surface area contributed by atoms with Crippen molar-refractivity contribution in [2.24, 2.45) is 0 Å². The van der Waals surface area contributed by atoms with Gasteiger partial charge in [0.2, 0.25) is 0 Å². The molecule has 740 valence electrons. The predicted octanol–water partition coefficient (Wildman–Crippen LogP) is 19.0. The molecule has 13 heterocycles. The van der Waals surface area contributed by atoms with Crippen LogP contribution in [0.4, 0.5) is 23.3 Å². The first-order valence-electron chi connectivity index (χ1n) is 50.1. The molecule has 137 heavy (non-hydrogen) atoms. The molecule has 8 aromatic heterocycles. The number of rotatable bonds is 32. The number of hydrogen-bond acceptors (Lipinski definition) is 23. The first-order valence-corrected chi connectivity index (χ1v) is 50.5. The Bertz CT molecular complexity index is 5350. The lowest BCUT2D eigenvalue weighted by Gasteiger charge is -2.32. The molecule has 0 atom stereocenters. The van der Waals surface area contributed by atoms with Crippen LogP contribution < -0.4 is 25.1 Å². The summed E-state index contributed by atoms with van der Waals surface area (Å²) < 4.78 is 42.3. The highest BCUT2D eigenvalue weighted by molar-refractivity contribution is 6.62. The quantitative estimate of drug-likeness (QED) is 0.0234. The Morgan fingerprint density at radius 1 is 0.380 bits per heavy atom. The van der Waals surface area contributed by atoms with Gasteiger partial charge in [0.25, 0.3) is 6.47 Å². The van der Waals surface area contributed by atoms with Crippen molar-refractivity contribution < 1.29 is 38.2 Å². The zero-order chi connectivity index (χ0) is 97.9. The van der Waals surface area contributed by atoms with E-state index in [0.717, 1.165) is 248 Å². The van der Waals surface area contributed by atoms with Crippen molar-refractivity contribution >= 4 is 76.5 Å². The predicted molar refractivity (Wildman–Crippen MR) is 558 cm³/mol. The Labute approximate surface area is 819 Å². The van der Waals surface area contributed by atoms with Gasteiger partial charge in [-0.15, -0.1) is 0 Å². The maximum absolute atomic E-state index is 8.36. The number of hydrogen-bond donors (Lipinski definition) is 1. The molecule has 0 saturated carbocycles. The average molecular weight is 1890 g/mol. The number of aromatic nitrogens is 12. The minimum Gasteiger partial charge on any atom is -0.483 e. The molecule has 28 nitrogen and oxygen atoms in total. The lowest BCUT2D eigenvalue weighted by atomic mass is 9.78. The van der Waals surface area contributed by atoms with Gasteiger partial charge in [-0.1, -0.05) is 199 Å². The minimum absolute atomic E-state index is 0.250. The van der Waals surface area contributed by atoms with E-state index in [1.54, 1.807) is 0 Å². The zero-order valence-corrected chi connectivity index (χ0v) is 86.3. The highest BCUT2D eigenvalue weighted by Crippen LogP contribution is 2.39. The standard InChI is InChI=1S/3C25H35N5O.C18H30BNO2.C13H17ClN4O.CH2O2/c3*1-5-6-10-28(4)18-20-8-7-9-21(15-20)23-16-24(29-11-13-31-14-12-29)30-25(27-23)22(17-26-30)19(2)3;1-7-8-12-20(6)14-15-10-9-11-16(13-15)19-21-17(2,3)18(4,5)22-19;1-9(2)10-8-15-18-12(7-11(14)16-13(10)18)17-3-5-19-6-4-17;2-1-3/h3*7-9,15-17,19H,5-6,10-14,18H2,1-4H3;9-11,13H,7-8,12,14H2,1-6H3;7-9H,3-6H2,1-2H3;1H,(H,2,3). The third-order valence-corrected chi connectivity index (χ3v) is 26.4. The average Bonchev–Trinajstić information content (AvgIpc) is 1.69. The van der Waals surface area contributed by atoms with E-state index in [1.807, 2.05) is 48.9 Å². The molecular weight excluding hydrogens is 1740 g/mol. The van der Waals surface area contributed by atoms with Crippen molar-refractivity contribution in [2.45, 2.75) is 223 Å². The highest BCUT2D eigenvalue weighted by atomic mass is 35.5. The Balaban J connectivity index is 0.000000154. The van der Waals surface area contributed by atoms with E-state index >= 15 is 0 Å². The Kier molecular flexibility index (Phi) is 39.6. The summed E-state index contributed by atoms with van der Waals surface area (Å²) in [5, 5.41) is 26.0. The Hall–Kier alpha value is -10.0. The number of nitrogens with zero attached hydrogens (tertiary/aromatic N) is 20. The highest BCUT2D eigenvalue weighted by Gasteiger charge is 2.52. The van der Waals surface area contributed by atoms with E-state index < -0.39 is 0 Å². The SMILES string of the molecule is CC(C)c1cnn2c(N3CCOCC3)cc(Cl)nc12.CCCCN(C)Cc1cccc(-c2cc(N3CCOCC3)n3ncc(C(C)C)c3n2)c1.CCCCN(C)Cc1cccc(-c2cc(N3CCOCC3)n3ncc(C(C)C)c3n2)c1.CCCCN(C)Cc1cccc(-c2cc(N3CCOCC3)n3ncc(C(C)C)c3n2)c1.CCCCN(C)Cc1cccc(B2OC(C)(C)C(C)(C)O2)c1.O=CO. The monoisotopic (exact) mass is 1890 g/mol. The van der Waals surface area contributed by atoms with Gasteiger partial charge in [0.05, 0.1) is 106 Å². The molecule has 4 aromatic carbocycles. The second-order valence-electron chi connectivity index (χ2n) is 39.2. The lowest BCUT2D eigenvalue weighted by Crippen LogP contribution is -2.41. The van der Waals surface area contributed by atoms with E-state index in [4.69, 9.17) is 80.0 Å². The number of carbonyl (C=O) groups is 1. The third kappa shape index (κ3) is 28.4. The first-order chi connectivity index (χ1) is 66.0. The van der Waals surface area contributed by atoms with Gasteiger partial charge < -0.3 is 72.6 Å². The van der Waals surface area contributed by atoms with Gasteiger partial charge in [-0.3, -0.25) is 4.79 Å². The number of ether oxygens (including phenoxy) is 4. The topological polar surface area (TPSA) is 239 Å². The van der Waals surface area contributed by atoms with Crippen molar-refractivity contribution in [1.29, 1.82) is 0 Å². The summed E-state index contributed by atoms with van der Waals surface area (Å²) in [5.41, 5.74) is 20.7. The van der Waals surface area contributed by atoms with Crippen LogP contribution in [0.1, 0.15) is 230 Å². The van der Waals surface area contributed by atoms with E-state index in [0.29, 0.717) is 28.8 Å². The molecule has 5 fully saturated rings. The number of anilines is 4. The van der Waals surface area contributed by atoms with Crippen LogP contribution in [0, 0.1) is 0 Å². The summed E-state index contributed by atoms with van der Waals surface area (Å²) in [4.78, 5) is 46.9. The summed E-state index contributed by atoms with van der Waals surface area (Å²) in [6.07, 6.45) is 17.6. The van der Waals surface area contributed by atoms with Crippen LogP contribution >= 0.6 is 11.6 Å². The molecule has 0 spiro atoms. The van der Waals surface area contributed by atoms with Crippen LogP contribution in [-0.4, -0.2) is 267 Å². The van der Waals surface area contributed by atoms with Crippen molar-refractivity contribution in [1.82, 2.24) is 78.0 Å². The normalized spacial score (nSPS) is 15.6. The molecule has 0 radical (unpaired) electrons. The lowest BCUT2D eigenvalue weighted by molar-refractivity contribution is -0.122. The van der Waals surface area contributed by atoms with Crippen molar-refractivity contribution in [3.63, 3.8) is 0 Å². The van der Waals surface area contributed by atoms with E-state index in [2.05, 4.69) is 304 Å². The summed E-state index contributed by atoms with van der Waals surface area (Å²) in [7, 11) is 8.50. The number of fused-ring (bicyclic) bond motifs is 4. The molecule has 5 aliphatic heterocycles. The van der Waals surface area contributed by atoms with Gasteiger partial charge in [0.15, 0.2) is 22.6 Å². The fourth-order valence-electron chi connectivity index (χ4n) is 17.6. The van der Waals surface area contributed by atoms with Gasteiger partial charge in [-0.05, 0) is 177 Å². The molecule has 30 heteroatoms. The summed E-state index contributed by atoms with van der Waals surface area (Å²) >= 11 is 6.17. The smallest absolute Gasteiger partial charge is 0.483 e. The number of unbranched alkanes of at least 4 members (excludes halogenated alkanes) is 4. The molecule has 5 saturated heterocycles. The van der Waals surface area contributed by atoms with Crippen molar-refractivity contribution in [3.8, 4) is 33.8 Å². The maximum Gasteiger partial charge on any atom is 0.494 e. The van der Waals surface area contributed by atoms with Crippen LogP contribution in [0.5, 0.6) is 0 Å². The second-order valence-corrected chi connectivity index (χ2v) is 39.6. The van der Waals surface area contributed by atoms with E-state index in [9.17, 15) is 0 Å². The largest absolute Gasteiger partial charge is 0.494 e. The molecule has 0 unspecified atom stereocenters. The molecule has 12 aromatic rings. The fourth-order valence-corrected chi connectivity index (χ4v) is 17.7. The van der Waals surface area contributed by atoms with E-state index in [1.165, 1.54) is 90.3 Å². The van der Waals surface area contributed by atoms with Crippen molar-refractivity contribution in [3.05, 3.63) is 196 Å². The molecule has 0 bridgehead atoms. The van der Waals surface area contributed by atoms with Crippen LogP contribution in [0.15, 0.2) is 146 Å². The molecule has 17 rings (SSSR count). The van der Waals surface area contributed by atoms with Crippen LogP contribution in [0.2, 0.25) is 5.15 Å². The molecule has 1 N–H and O–H groups in total. The third-order valence-electron chi connectivity index (χ3n) is 26.2. The Morgan fingerprint density at radius 2 is 0.628 bits per heavy atom. The zero-order valence-electron chi connectivity index (χ0n) is 85.6. The molecular formula is C107H154BClN20O8. The van der Waals surface area contributed by atoms with Gasteiger partial charge in [0, 0.05) is 142 Å². The number of carboxylic acid groups (broad SMARTS) is 1. The van der Waals surface area contributed by atoms with Gasteiger partial charge in [-0.2, -0.15) is 38.5 Å². The van der Waals surface area contributed by atoms with Gasteiger partial charge in [-0.25, -0.2) is 19.9 Å². The van der Waals surface area contributed by atoms with Gasteiger partial charge >= 0.3 is 7.12 Å². The maximum atomic E-state index is 8.36. The molecule has 0 aliphatic carbocycles. The summed E-state index contributed by atoms with van der Waals surface area (Å²) in [6, 6.07) is 43.5. The Morgan fingerprint density at radius 3 is 0.891 bits per heavy atom. The second kappa shape index (κ2) is 51.2. The fraction of sp³-hybridized carbons (Fsp3) is 0.542. The van der Waals surface area contributed by atoms with Crippen LogP contribution in [-0.2, 0) is 59.2 Å². The van der Waals surface area contributed by atoms with Crippen molar-refractivity contribution in [2.75, 3.05) is 179 Å². The van der Waals surface area contributed by atoms with Crippen LogP contribution in [0.3, 0.4) is 0 Å². The summed E-state index contributed by atoms with van der Waals surface area (Å²) in [6.45, 7) is 55.8. The van der Waals surface area contributed by atoms with Crippen LogP contribution in [0.25, 0.3) is 56.4 Å². The molecule has 5 aliphatic rings. The number of morpholine rings is 4. The number of halogens is 1. The number of benzene rings is 4. The summed E-state index contributed by atoms with van der Waals surface area (Å²) in [5.74, 6) is 5.78. The minimum atomic E-state index is -0.286.